The Labute approximate surface area is 229 Å². The van der Waals surface area contributed by atoms with Crippen molar-refractivity contribution in [2.45, 2.75) is 38.5 Å². The van der Waals surface area contributed by atoms with Crippen molar-refractivity contribution in [3.63, 3.8) is 0 Å². The highest BCUT2D eigenvalue weighted by molar-refractivity contribution is 6.04. The summed E-state index contributed by atoms with van der Waals surface area (Å²) in [5.41, 5.74) is 4.50. The predicted molar refractivity (Wildman–Crippen MR) is 150 cm³/mol. The number of nitrogens with one attached hydrogen (secondary N) is 1. The van der Waals surface area contributed by atoms with Crippen molar-refractivity contribution in [3.05, 3.63) is 119 Å². The van der Waals surface area contributed by atoms with Crippen LogP contribution in [0.4, 0.5) is 0 Å². The molecule has 0 saturated heterocycles. The number of dihydropyridines is 1. The smallest absolute Gasteiger partial charge is 0.336 e. The summed E-state index contributed by atoms with van der Waals surface area (Å²) in [6.07, 6.45) is 1.06. The largest absolute Gasteiger partial charge is 0.494 e. The molecule has 1 heterocycles. The Morgan fingerprint density at radius 3 is 2.31 bits per heavy atom. The number of esters is 1. The number of ether oxygens (including phenoxy) is 3. The molecule has 0 aromatic heterocycles. The monoisotopic (exact) mass is 523 g/mol. The third-order valence-electron chi connectivity index (χ3n) is 7.18. The van der Waals surface area contributed by atoms with Crippen LogP contribution in [0.2, 0.25) is 0 Å². The number of carbonyl (C=O) groups is 2. The van der Waals surface area contributed by atoms with Gasteiger partial charge in [0.1, 0.15) is 24.7 Å². The Balaban J connectivity index is 1.45. The van der Waals surface area contributed by atoms with Crippen LogP contribution in [0.15, 0.2) is 107 Å². The number of para-hydroxylation sites is 2. The van der Waals surface area contributed by atoms with Crippen LogP contribution in [-0.2, 0) is 14.3 Å². The topological polar surface area (TPSA) is 73.9 Å². The molecule has 3 aromatic carbocycles. The lowest BCUT2D eigenvalue weighted by Gasteiger charge is -2.37. The lowest BCUT2D eigenvalue weighted by molar-refractivity contribution is -0.140. The van der Waals surface area contributed by atoms with E-state index in [0.717, 1.165) is 16.8 Å². The molecular weight excluding hydrogens is 490 g/mol. The zero-order valence-electron chi connectivity index (χ0n) is 22.3. The van der Waals surface area contributed by atoms with E-state index in [1.54, 1.807) is 0 Å². The number of rotatable bonds is 9. The van der Waals surface area contributed by atoms with Crippen LogP contribution in [0.25, 0.3) is 0 Å². The fourth-order valence-electron chi connectivity index (χ4n) is 5.48. The summed E-state index contributed by atoms with van der Waals surface area (Å²) < 4.78 is 17.3. The standard InChI is InChI=1S/C33H33NO5/c1-3-37-29-17-11-10-16-26(29)31-30(33(36)39-19-18-38-25-14-8-5-9-15-25)22(2)34-27-20-24(21-28(35)32(27)31)23-12-6-4-7-13-23/h4-17,24,31,34H,3,18-21H2,1-2H3/t24-,31+/m0/s1. The van der Waals surface area contributed by atoms with E-state index in [9.17, 15) is 9.59 Å². The highest BCUT2D eigenvalue weighted by Crippen LogP contribution is 2.47. The van der Waals surface area contributed by atoms with E-state index in [2.05, 4.69) is 17.4 Å². The zero-order chi connectivity index (χ0) is 27.2. The van der Waals surface area contributed by atoms with E-state index < -0.39 is 11.9 Å². The number of ketones is 1. The van der Waals surface area contributed by atoms with Crippen LogP contribution in [-0.4, -0.2) is 31.6 Å². The van der Waals surface area contributed by atoms with Gasteiger partial charge in [-0.05, 0) is 49.9 Å². The van der Waals surface area contributed by atoms with Gasteiger partial charge in [0.25, 0.3) is 0 Å². The van der Waals surface area contributed by atoms with Crippen molar-refractivity contribution < 1.29 is 23.8 Å². The molecule has 1 N–H and O–H groups in total. The molecule has 0 saturated carbocycles. The normalized spacial score (nSPS) is 18.8. The summed E-state index contributed by atoms with van der Waals surface area (Å²) in [6, 6.07) is 27.1. The third-order valence-corrected chi connectivity index (χ3v) is 7.18. The average molecular weight is 524 g/mol. The Morgan fingerprint density at radius 1 is 0.872 bits per heavy atom. The number of Topliss-reactive ketones (excluding diaryl/α,β-unsaturated/α-hetero) is 1. The first-order valence-corrected chi connectivity index (χ1v) is 13.4. The van der Waals surface area contributed by atoms with Gasteiger partial charge in [-0.15, -0.1) is 0 Å². The van der Waals surface area contributed by atoms with Gasteiger partial charge in [0.05, 0.1) is 18.1 Å². The van der Waals surface area contributed by atoms with E-state index in [1.807, 2.05) is 86.6 Å². The Bertz CT molecular complexity index is 1390. The first-order valence-electron chi connectivity index (χ1n) is 13.4. The molecule has 0 radical (unpaired) electrons. The molecule has 6 heteroatoms. The van der Waals surface area contributed by atoms with Gasteiger partial charge in [0.15, 0.2) is 5.78 Å². The van der Waals surface area contributed by atoms with Crippen molar-refractivity contribution in [2.75, 3.05) is 19.8 Å². The Kier molecular flexibility index (Phi) is 8.11. The number of allylic oxidation sites excluding steroid dienone is 3. The van der Waals surface area contributed by atoms with Crippen LogP contribution < -0.4 is 14.8 Å². The molecular formula is C33H33NO5. The van der Waals surface area contributed by atoms with Crippen LogP contribution in [0, 0.1) is 0 Å². The van der Waals surface area contributed by atoms with Gasteiger partial charge in [-0.1, -0.05) is 66.7 Å². The maximum absolute atomic E-state index is 13.8. The van der Waals surface area contributed by atoms with Crippen LogP contribution in [0.3, 0.4) is 0 Å². The summed E-state index contributed by atoms with van der Waals surface area (Å²) in [4.78, 5) is 27.4. The highest BCUT2D eigenvalue weighted by atomic mass is 16.6. The van der Waals surface area contributed by atoms with Crippen molar-refractivity contribution >= 4 is 11.8 Å². The zero-order valence-corrected chi connectivity index (χ0v) is 22.3. The molecule has 0 fully saturated rings. The van der Waals surface area contributed by atoms with Crippen molar-refractivity contribution in [1.29, 1.82) is 0 Å². The minimum atomic E-state index is -0.587. The van der Waals surface area contributed by atoms with Crippen LogP contribution >= 0.6 is 0 Å². The molecule has 2 atom stereocenters. The Morgan fingerprint density at radius 2 is 1.56 bits per heavy atom. The van der Waals surface area contributed by atoms with Crippen LogP contribution in [0.1, 0.15) is 49.7 Å². The SMILES string of the molecule is CCOc1ccccc1[C@@H]1C(C(=O)OCCOc2ccccc2)=C(C)NC2=C1C(=O)C[C@@H](c1ccccc1)C2. The van der Waals surface area contributed by atoms with Crippen molar-refractivity contribution in [1.82, 2.24) is 5.32 Å². The summed E-state index contributed by atoms with van der Waals surface area (Å²) in [6.45, 7) is 4.57. The third kappa shape index (κ3) is 5.75. The van der Waals surface area contributed by atoms with E-state index in [4.69, 9.17) is 14.2 Å². The van der Waals surface area contributed by atoms with Gasteiger partial charge in [-0.3, -0.25) is 4.79 Å². The van der Waals surface area contributed by atoms with Crippen LogP contribution in [0.5, 0.6) is 11.5 Å². The van der Waals surface area contributed by atoms with Gasteiger partial charge in [0.2, 0.25) is 0 Å². The molecule has 200 valence electrons. The summed E-state index contributed by atoms with van der Waals surface area (Å²) in [5, 5.41) is 3.41. The molecule has 5 rings (SSSR count). The quantitative estimate of drug-likeness (QED) is 0.271. The summed E-state index contributed by atoms with van der Waals surface area (Å²) in [5.74, 6) is 0.404. The van der Waals surface area contributed by atoms with E-state index in [-0.39, 0.29) is 24.9 Å². The first-order chi connectivity index (χ1) is 19.1. The van der Waals surface area contributed by atoms with Crippen molar-refractivity contribution in [3.8, 4) is 11.5 Å². The van der Waals surface area contributed by atoms with E-state index >= 15 is 0 Å². The van der Waals surface area contributed by atoms with Gasteiger partial charge in [0, 0.05) is 29.0 Å². The first kappa shape index (κ1) is 26.3. The number of hydrogen-bond acceptors (Lipinski definition) is 6. The lowest BCUT2D eigenvalue weighted by Crippen LogP contribution is -2.36. The average Bonchev–Trinajstić information content (AvgIpc) is 2.96. The molecule has 1 aliphatic carbocycles. The molecule has 3 aromatic rings. The minimum Gasteiger partial charge on any atom is -0.494 e. The lowest BCUT2D eigenvalue weighted by atomic mass is 9.71. The molecule has 39 heavy (non-hydrogen) atoms. The van der Waals surface area contributed by atoms with Gasteiger partial charge < -0.3 is 19.5 Å². The number of hydrogen-bond donors (Lipinski definition) is 1. The molecule has 0 bridgehead atoms. The predicted octanol–water partition coefficient (Wildman–Crippen LogP) is 6.07. The molecule has 0 amide bonds. The summed E-state index contributed by atoms with van der Waals surface area (Å²) in [7, 11) is 0. The van der Waals surface area contributed by atoms with Crippen molar-refractivity contribution in [2.24, 2.45) is 0 Å². The van der Waals surface area contributed by atoms with Gasteiger partial charge >= 0.3 is 5.97 Å². The number of benzene rings is 3. The molecule has 1 aliphatic heterocycles. The number of carbonyl (C=O) groups excluding carboxylic acids is 2. The second kappa shape index (κ2) is 12.0. The molecule has 0 spiro atoms. The Hall–Kier alpha value is -4.32. The fraction of sp³-hybridized carbons (Fsp3) is 0.273. The summed E-state index contributed by atoms with van der Waals surface area (Å²) >= 11 is 0. The maximum Gasteiger partial charge on any atom is 0.336 e. The molecule has 6 nitrogen and oxygen atoms in total. The molecule has 2 aliphatic rings. The fourth-order valence-corrected chi connectivity index (χ4v) is 5.48. The highest BCUT2D eigenvalue weighted by Gasteiger charge is 2.42. The minimum absolute atomic E-state index is 0.0270. The maximum atomic E-state index is 13.8. The second-order valence-electron chi connectivity index (χ2n) is 9.70. The van der Waals surface area contributed by atoms with E-state index in [1.165, 1.54) is 0 Å². The second-order valence-corrected chi connectivity index (χ2v) is 9.70. The molecule has 0 unspecified atom stereocenters. The van der Waals surface area contributed by atoms with Gasteiger partial charge in [-0.2, -0.15) is 0 Å². The van der Waals surface area contributed by atoms with E-state index in [0.29, 0.717) is 47.8 Å². The van der Waals surface area contributed by atoms with Gasteiger partial charge in [-0.25, -0.2) is 4.79 Å².